The normalized spacial score (nSPS) is 19.9. The third-order valence-electron chi connectivity index (χ3n) is 5.36. The van der Waals surface area contributed by atoms with Crippen molar-refractivity contribution in [3.8, 4) is 0 Å². The molecule has 2 atom stereocenters. The molecule has 4 aromatic rings. The number of fused-ring (bicyclic) bond motifs is 2. The molecule has 3 heterocycles. The molecule has 0 spiro atoms. The molecule has 0 bridgehead atoms. The fourth-order valence-electron chi connectivity index (χ4n) is 3.99. The topological polar surface area (TPSA) is 52.8 Å². The molecule has 3 aromatic heterocycles. The van der Waals surface area contributed by atoms with E-state index in [-0.39, 0.29) is 6.10 Å². The van der Waals surface area contributed by atoms with Crippen LogP contribution < -0.4 is 0 Å². The quantitative estimate of drug-likeness (QED) is 0.472. The monoisotopic (exact) mass is 378 g/mol. The van der Waals surface area contributed by atoms with E-state index in [1.807, 2.05) is 18.3 Å². The molecule has 5 rings (SSSR count). The van der Waals surface area contributed by atoms with Gasteiger partial charge in [0, 0.05) is 23.8 Å². The highest BCUT2D eigenvalue weighted by Gasteiger charge is 2.27. The van der Waals surface area contributed by atoms with Crippen molar-refractivity contribution in [1.82, 2.24) is 19.5 Å². The molecule has 1 fully saturated rings. The van der Waals surface area contributed by atoms with Crippen LogP contribution in [-0.4, -0.2) is 25.6 Å². The van der Waals surface area contributed by atoms with Crippen LogP contribution in [-0.2, 0) is 11.3 Å². The van der Waals surface area contributed by atoms with E-state index in [1.165, 1.54) is 11.9 Å². The summed E-state index contributed by atoms with van der Waals surface area (Å²) in [4.78, 5) is 12.8. The van der Waals surface area contributed by atoms with Gasteiger partial charge in [0.2, 0.25) is 0 Å². The molecule has 1 aromatic carbocycles. The van der Waals surface area contributed by atoms with E-state index in [2.05, 4.69) is 50.0 Å². The number of ether oxygens (including phenoxy) is 1. The van der Waals surface area contributed by atoms with E-state index >= 15 is 0 Å². The highest BCUT2D eigenvalue weighted by Crippen LogP contribution is 2.35. The molecule has 5 nitrogen and oxygen atoms in total. The van der Waals surface area contributed by atoms with E-state index in [9.17, 15) is 0 Å². The first-order valence-corrected chi connectivity index (χ1v) is 9.58. The number of hydrogen-bond acceptors (Lipinski definition) is 4. The van der Waals surface area contributed by atoms with Crippen LogP contribution in [0.3, 0.4) is 0 Å². The van der Waals surface area contributed by atoms with E-state index in [0.29, 0.717) is 17.8 Å². The number of aromatic nitrogens is 4. The lowest BCUT2D eigenvalue weighted by molar-refractivity contribution is 0.0434. The van der Waals surface area contributed by atoms with Crippen LogP contribution in [0.4, 0.5) is 0 Å². The van der Waals surface area contributed by atoms with Gasteiger partial charge in [-0.25, -0.2) is 9.97 Å². The van der Waals surface area contributed by atoms with Crippen molar-refractivity contribution >= 4 is 33.5 Å². The Balaban J connectivity index is 1.27. The molecular weight excluding hydrogens is 360 g/mol. The summed E-state index contributed by atoms with van der Waals surface area (Å²) in [5.41, 5.74) is 3.11. The Morgan fingerprint density at radius 3 is 3.04 bits per heavy atom. The minimum absolute atomic E-state index is 0.259. The zero-order valence-electron chi connectivity index (χ0n) is 14.8. The lowest BCUT2D eigenvalue weighted by Gasteiger charge is -2.15. The highest BCUT2D eigenvalue weighted by atomic mass is 35.5. The molecule has 0 aliphatic heterocycles. The largest absolute Gasteiger partial charge is 0.373 e. The Kier molecular flexibility index (Phi) is 4.26. The Morgan fingerprint density at radius 1 is 1.11 bits per heavy atom. The first-order chi connectivity index (χ1) is 13.3. The second-order valence-corrected chi connectivity index (χ2v) is 7.41. The Bertz CT molecular complexity index is 1110. The first kappa shape index (κ1) is 16.7. The minimum Gasteiger partial charge on any atom is -0.373 e. The molecular formula is C21H19ClN4O. The van der Waals surface area contributed by atoms with Crippen molar-refractivity contribution in [2.75, 3.05) is 0 Å². The maximum Gasteiger partial charge on any atom is 0.145 e. The smallest absolute Gasteiger partial charge is 0.145 e. The van der Waals surface area contributed by atoms with Crippen LogP contribution >= 0.6 is 11.6 Å². The average molecular weight is 379 g/mol. The fraction of sp³-hybridized carbons (Fsp3) is 0.286. The zero-order valence-corrected chi connectivity index (χ0v) is 15.5. The van der Waals surface area contributed by atoms with Crippen molar-refractivity contribution in [3.05, 3.63) is 65.8 Å². The maximum absolute atomic E-state index is 6.21. The van der Waals surface area contributed by atoms with Gasteiger partial charge in [0.15, 0.2) is 0 Å². The molecule has 0 amide bonds. The fourth-order valence-corrected chi connectivity index (χ4v) is 4.18. The molecule has 27 heavy (non-hydrogen) atoms. The number of rotatable bonds is 4. The highest BCUT2D eigenvalue weighted by molar-refractivity contribution is 6.33. The lowest BCUT2D eigenvalue weighted by atomic mass is 10.1. The van der Waals surface area contributed by atoms with Gasteiger partial charge in [-0.15, -0.1) is 0 Å². The van der Waals surface area contributed by atoms with Crippen molar-refractivity contribution < 1.29 is 4.74 Å². The van der Waals surface area contributed by atoms with Crippen molar-refractivity contribution in [1.29, 1.82) is 0 Å². The third-order valence-corrected chi connectivity index (χ3v) is 5.67. The van der Waals surface area contributed by atoms with Crippen molar-refractivity contribution in [2.45, 2.75) is 38.0 Å². The summed E-state index contributed by atoms with van der Waals surface area (Å²) in [6.45, 7) is 0.628. The number of benzene rings is 1. The van der Waals surface area contributed by atoms with Gasteiger partial charge in [-0.1, -0.05) is 23.7 Å². The number of hydrogen-bond donors (Lipinski definition) is 0. The zero-order chi connectivity index (χ0) is 18.2. The van der Waals surface area contributed by atoms with Crippen molar-refractivity contribution in [2.24, 2.45) is 0 Å². The van der Waals surface area contributed by atoms with Gasteiger partial charge in [0.05, 0.1) is 23.6 Å². The van der Waals surface area contributed by atoms with E-state index < -0.39 is 0 Å². The predicted molar refractivity (Wildman–Crippen MR) is 106 cm³/mol. The van der Waals surface area contributed by atoms with Crippen LogP contribution in [0.25, 0.3) is 21.9 Å². The van der Waals surface area contributed by atoms with Gasteiger partial charge in [-0.05, 0) is 49.1 Å². The summed E-state index contributed by atoms with van der Waals surface area (Å²) >= 11 is 6.17. The van der Waals surface area contributed by atoms with Gasteiger partial charge in [-0.2, -0.15) is 0 Å². The summed E-state index contributed by atoms with van der Waals surface area (Å²) < 4.78 is 8.43. The first-order valence-electron chi connectivity index (χ1n) is 9.20. The molecule has 0 N–H and O–H groups in total. The number of halogens is 1. The van der Waals surface area contributed by atoms with Gasteiger partial charge >= 0.3 is 0 Å². The van der Waals surface area contributed by atoms with Gasteiger partial charge in [0.1, 0.15) is 17.1 Å². The Hall–Kier alpha value is -2.50. The molecule has 0 radical (unpaired) electrons. The molecule has 0 saturated heterocycles. The molecule has 1 aliphatic carbocycles. The summed E-state index contributed by atoms with van der Waals surface area (Å²) in [5, 5.41) is 2.57. The van der Waals surface area contributed by atoms with E-state index in [0.717, 1.165) is 41.2 Å². The van der Waals surface area contributed by atoms with Crippen LogP contribution in [0, 0.1) is 0 Å². The summed E-state index contributed by atoms with van der Waals surface area (Å²) in [5.74, 6) is 0. The van der Waals surface area contributed by atoms with E-state index in [1.54, 1.807) is 0 Å². The second-order valence-electron chi connectivity index (χ2n) is 7.06. The van der Waals surface area contributed by atoms with Gasteiger partial charge < -0.3 is 9.30 Å². The van der Waals surface area contributed by atoms with Crippen LogP contribution in [0.5, 0.6) is 0 Å². The van der Waals surface area contributed by atoms with Crippen LogP contribution in [0.1, 0.15) is 30.9 Å². The SMILES string of the molecule is Clc1ncnc2c1ccn2C1CCC(OCc2ccc3ncccc3c2)C1. The predicted octanol–water partition coefficient (Wildman–Crippen LogP) is 4.94. The molecule has 2 unspecified atom stereocenters. The van der Waals surface area contributed by atoms with Crippen molar-refractivity contribution in [3.63, 3.8) is 0 Å². The second kappa shape index (κ2) is 6.91. The number of nitrogens with zero attached hydrogens (tertiary/aromatic N) is 4. The third kappa shape index (κ3) is 3.17. The number of pyridine rings is 1. The maximum atomic E-state index is 6.21. The van der Waals surface area contributed by atoms with E-state index in [4.69, 9.17) is 16.3 Å². The minimum atomic E-state index is 0.259. The Labute approximate surface area is 162 Å². The average Bonchev–Trinajstić information content (AvgIpc) is 3.33. The van der Waals surface area contributed by atoms with Gasteiger partial charge in [-0.3, -0.25) is 4.98 Å². The molecule has 1 saturated carbocycles. The van der Waals surface area contributed by atoms with Gasteiger partial charge in [0.25, 0.3) is 0 Å². The summed E-state index contributed by atoms with van der Waals surface area (Å²) in [7, 11) is 0. The molecule has 1 aliphatic rings. The summed E-state index contributed by atoms with van der Waals surface area (Å²) in [6.07, 6.45) is 8.79. The molecule has 6 heteroatoms. The standard InChI is InChI=1S/C21H19ClN4O/c22-20-18-7-9-26(21(18)25-13-24-20)16-4-5-17(11-16)27-12-14-3-6-19-15(10-14)2-1-8-23-19/h1-3,6-10,13,16-17H,4-5,11-12H2. The van der Waals surface area contributed by atoms with Crippen LogP contribution in [0.2, 0.25) is 5.15 Å². The lowest BCUT2D eigenvalue weighted by Crippen LogP contribution is -2.10. The summed E-state index contributed by atoms with van der Waals surface area (Å²) in [6, 6.07) is 12.7. The Morgan fingerprint density at radius 2 is 2.07 bits per heavy atom. The molecule has 136 valence electrons. The van der Waals surface area contributed by atoms with Crippen LogP contribution in [0.15, 0.2) is 55.1 Å².